The van der Waals surface area contributed by atoms with Crippen molar-refractivity contribution < 1.29 is 9.59 Å². The van der Waals surface area contributed by atoms with Crippen LogP contribution in [0.15, 0.2) is 46.1 Å². The number of hydrogen-bond acceptors (Lipinski definition) is 6. The first-order valence-corrected chi connectivity index (χ1v) is 14.7. The lowest BCUT2D eigenvalue weighted by molar-refractivity contribution is -0.138. The van der Waals surface area contributed by atoms with E-state index in [1.165, 1.54) is 61.6 Å². The second-order valence-corrected chi connectivity index (χ2v) is 11.6. The van der Waals surface area contributed by atoms with Gasteiger partial charge in [0.05, 0.1) is 6.54 Å². The van der Waals surface area contributed by atoms with Crippen molar-refractivity contribution in [1.29, 1.82) is 0 Å². The van der Waals surface area contributed by atoms with Crippen LogP contribution in [0.3, 0.4) is 0 Å². The summed E-state index contributed by atoms with van der Waals surface area (Å²) in [4.78, 5) is 38.1. The summed E-state index contributed by atoms with van der Waals surface area (Å²) in [5, 5.41) is 4.65. The third-order valence-corrected chi connectivity index (χ3v) is 8.19. The Morgan fingerprint density at radius 3 is 1.97 bits per heavy atom. The first-order chi connectivity index (χ1) is 17.9. The van der Waals surface area contributed by atoms with Crippen molar-refractivity contribution in [2.75, 3.05) is 0 Å². The topological polar surface area (TPSA) is 75.2 Å². The minimum Gasteiger partial charge on any atom is -0.377 e. The Morgan fingerprint density at radius 2 is 1.41 bits per heavy atom. The smallest absolute Gasteiger partial charge is 0.278 e. The summed E-state index contributed by atoms with van der Waals surface area (Å²) in [6.45, 7) is 4.01. The SMILES string of the molecule is Cc1cc(C)nc(SC2=C(NC3CCCCCCCCCCC3)C(=O)N(Cc3ccc(Cl)cc3)C2=O)n1. The predicted octanol–water partition coefficient (Wildman–Crippen LogP) is 6.88. The van der Waals surface area contributed by atoms with E-state index in [1.54, 1.807) is 12.1 Å². The van der Waals surface area contributed by atoms with E-state index in [1.807, 2.05) is 32.0 Å². The lowest BCUT2D eigenvalue weighted by Crippen LogP contribution is -2.36. The average Bonchev–Trinajstić information content (AvgIpc) is 3.05. The second kappa shape index (κ2) is 13.4. The molecule has 6 nitrogen and oxygen atoms in total. The summed E-state index contributed by atoms with van der Waals surface area (Å²) >= 11 is 7.23. The zero-order valence-electron chi connectivity index (χ0n) is 21.9. The molecule has 1 aliphatic heterocycles. The lowest BCUT2D eigenvalue weighted by Gasteiger charge is -2.22. The fraction of sp³-hybridized carbons (Fsp3) is 0.517. The van der Waals surface area contributed by atoms with Gasteiger partial charge in [0.2, 0.25) is 0 Å². The van der Waals surface area contributed by atoms with Crippen LogP contribution >= 0.6 is 23.4 Å². The molecule has 0 saturated heterocycles. The number of nitrogens with zero attached hydrogens (tertiary/aromatic N) is 3. The number of aryl methyl sites for hydroxylation is 2. The molecule has 1 aliphatic carbocycles. The van der Waals surface area contributed by atoms with E-state index in [4.69, 9.17) is 11.6 Å². The maximum absolute atomic E-state index is 13.7. The molecule has 1 saturated carbocycles. The fourth-order valence-corrected chi connectivity index (χ4v) is 6.17. The van der Waals surface area contributed by atoms with Gasteiger partial charge in [-0.1, -0.05) is 81.5 Å². The van der Waals surface area contributed by atoms with E-state index < -0.39 is 0 Å². The highest BCUT2D eigenvalue weighted by Gasteiger charge is 2.40. The summed E-state index contributed by atoms with van der Waals surface area (Å²) in [7, 11) is 0. The largest absolute Gasteiger partial charge is 0.377 e. The van der Waals surface area contributed by atoms with E-state index in [-0.39, 0.29) is 24.4 Å². The normalized spacial score (nSPS) is 18.6. The Kier molecular flexibility index (Phi) is 10.0. The summed E-state index contributed by atoms with van der Waals surface area (Å²) in [6.07, 6.45) is 13.2. The van der Waals surface area contributed by atoms with Crippen molar-refractivity contribution in [2.24, 2.45) is 0 Å². The van der Waals surface area contributed by atoms with Gasteiger partial charge in [0, 0.05) is 22.5 Å². The number of amides is 2. The van der Waals surface area contributed by atoms with Crippen molar-refractivity contribution in [3.8, 4) is 0 Å². The van der Waals surface area contributed by atoms with Crippen molar-refractivity contribution in [2.45, 2.75) is 102 Å². The Labute approximate surface area is 229 Å². The molecule has 2 aromatic rings. The maximum Gasteiger partial charge on any atom is 0.278 e. The van der Waals surface area contributed by atoms with Gasteiger partial charge in [-0.3, -0.25) is 14.5 Å². The van der Waals surface area contributed by atoms with Crippen LogP contribution in [0, 0.1) is 13.8 Å². The summed E-state index contributed by atoms with van der Waals surface area (Å²) in [5.74, 6) is -0.582. The molecule has 1 aromatic heterocycles. The molecule has 1 fully saturated rings. The highest BCUT2D eigenvalue weighted by molar-refractivity contribution is 8.04. The van der Waals surface area contributed by atoms with E-state index >= 15 is 0 Å². The molecule has 0 radical (unpaired) electrons. The van der Waals surface area contributed by atoms with E-state index in [2.05, 4.69) is 15.3 Å². The first-order valence-electron chi connectivity index (χ1n) is 13.5. The van der Waals surface area contributed by atoms with E-state index in [0.717, 1.165) is 42.6 Å². The number of aromatic nitrogens is 2. The molecule has 198 valence electrons. The van der Waals surface area contributed by atoms with Gasteiger partial charge in [-0.25, -0.2) is 9.97 Å². The Hall–Kier alpha value is -2.38. The van der Waals surface area contributed by atoms with E-state index in [9.17, 15) is 9.59 Å². The van der Waals surface area contributed by atoms with Crippen LogP contribution in [-0.2, 0) is 16.1 Å². The number of halogens is 1. The van der Waals surface area contributed by atoms with Crippen LogP contribution in [0.2, 0.25) is 5.02 Å². The Bertz CT molecular complexity index is 1100. The number of thioether (sulfide) groups is 1. The molecule has 2 aliphatic rings. The van der Waals surface area contributed by atoms with Crippen molar-refractivity contribution in [3.63, 3.8) is 0 Å². The summed E-state index contributed by atoms with van der Waals surface area (Å²) in [5.41, 5.74) is 2.91. The molecule has 0 bridgehead atoms. The van der Waals surface area contributed by atoms with Crippen LogP contribution in [-0.4, -0.2) is 32.7 Å². The van der Waals surface area contributed by atoms with Gasteiger partial charge >= 0.3 is 0 Å². The molecule has 4 rings (SSSR count). The van der Waals surface area contributed by atoms with Crippen LogP contribution in [0.25, 0.3) is 0 Å². The number of carbonyl (C=O) groups is 2. The van der Waals surface area contributed by atoms with Crippen molar-refractivity contribution in [1.82, 2.24) is 20.2 Å². The van der Waals surface area contributed by atoms with Gasteiger partial charge in [-0.2, -0.15) is 0 Å². The molecule has 1 N–H and O–H groups in total. The molecular weight excluding hydrogens is 504 g/mol. The highest BCUT2D eigenvalue weighted by atomic mass is 35.5. The summed E-state index contributed by atoms with van der Waals surface area (Å²) < 4.78 is 0. The Balaban J connectivity index is 1.59. The third kappa shape index (κ3) is 7.81. The zero-order chi connectivity index (χ0) is 26.2. The van der Waals surface area contributed by atoms with Gasteiger partial charge in [0.25, 0.3) is 11.8 Å². The van der Waals surface area contributed by atoms with E-state index in [0.29, 0.717) is 20.8 Å². The first kappa shape index (κ1) is 27.6. The number of hydrogen-bond donors (Lipinski definition) is 1. The molecular formula is C29H37ClN4O2S. The van der Waals surface area contributed by atoms with Gasteiger partial charge in [-0.15, -0.1) is 0 Å². The number of rotatable bonds is 6. The van der Waals surface area contributed by atoms with Gasteiger partial charge in [0.1, 0.15) is 10.6 Å². The average molecular weight is 541 g/mol. The van der Waals surface area contributed by atoms with Crippen LogP contribution in [0.1, 0.15) is 87.6 Å². The number of nitrogens with one attached hydrogen (secondary N) is 1. The van der Waals surface area contributed by atoms with Crippen molar-refractivity contribution >= 4 is 35.2 Å². The van der Waals surface area contributed by atoms with Gasteiger partial charge < -0.3 is 5.32 Å². The monoisotopic (exact) mass is 540 g/mol. The second-order valence-electron chi connectivity index (χ2n) is 10.2. The standard InChI is InChI=1S/C29H37ClN4O2S/c1-20-18-21(2)32-29(31-20)37-26-25(33-24-12-10-8-6-4-3-5-7-9-11-13-24)27(35)34(28(26)36)19-22-14-16-23(30)17-15-22/h14-18,24,33H,3-13,19H2,1-2H3. The van der Waals surface area contributed by atoms with Crippen LogP contribution < -0.4 is 5.32 Å². The van der Waals surface area contributed by atoms with Gasteiger partial charge in [-0.05, 0) is 62.2 Å². The molecule has 2 amide bonds. The van der Waals surface area contributed by atoms with Crippen LogP contribution in [0.4, 0.5) is 0 Å². The molecule has 37 heavy (non-hydrogen) atoms. The number of benzene rings is 1. The number of imide groups is 1. The third-order valence-electron chi connectivity index (χ3n) is 6.99. The summed E-state index contributed by atoms with van der Waals surface area (Å²) in [6, 6.07) is 9.31. The minimum atomic E-state index is -0.302. The Morgan fingerprint density at radius 1 is 0.865 bits per heavy atom. The molecule has 0 spiro atoms. The zero-order valence-corrected chi connectivity index (χ0v) is 23.5. The minimum absolute atomic E-state index is 0.164. The lowest BCUT2D eigenvalue weighted by atomic mass is 9.98. The molecule has 0 atom stereocenters. The highest BCUT2D eigenvalue weighted by Crippen LogP contribution is 2.34. The maximum atomic E-state index is 13.7. The molecule has 8 heteroatoms. The molecule has 1 aromatic carbocycles. The molecule has 2 heterocycles. The predicted molar refractivity (Wildman–Crippen MR) is 149 cm³/mol. The number of carbonyl (C=O) groups excluding carboxylic acids is 2. The fourth-order valence-electron chi connectivity index (χ4n) is 5.03. The quantitative estimate of drug-likeness (QED) is 0.318. The molecule has 0 unspecified atom stereocenters. The van der Waals surface area contributed by atoms with Crippen LogP contribution in [0.5, 0.6) is 0 Å². The van der Waals surface area contributed by atoms with Crippen molar-refractivity contribution in [3.05, 3.63) is 62.9 Å². The van der Waals surface area contributed by atoms with Gasteiger partial charge in [0.15, 0.2) is 5.16 Å².